The van der Waals surface area contributed by atoms with Gasteiger partial charge in [0.05, 0.1) is 30.7 Å². The van der Waals surface area contributed by atoms with E-state index in [1.165, 1.54) is 16.7 Å². The molecule has 0 aliphatic carbocycles. The molecule has 0 saturated carbocycles. The first-order valence-electron chi connectivity index (χ1n) is 10.1. The summed E-state index contributed by atoms with van der Waals surface area (Å²) in [6.07, 6.45) is -3.19. The van der Waals surface area contributed by atoms with E-state index in [-0.39, 0.29) is 18.1 Å². The van der Waals surface area contributed by atoms with Gasteiger partial charge < -0.3 is 14.6 Å². The van der Waals surface area contributed by atoms with Gasteiger partial charge in [-0.1, -0.05) is 0 Å². The van der Waals surface area contributed by atoms with Crippen molar-refractivity contribution in [3.8, 4) is 34.3 Å². The van der Waals surface area contributed by atoms with Crippen LogP contribution in [-0.2, 0) is 6.54 Å². The van der Waals surface area contributed by atoms with E-state index in [0.29, 0.717) is 11.4 Å². The van der Waals surface area contributed by atoms with Gasteiger partial charge >= 0.3 is 12.1 Å². The third-order valence-electron chi connectivity index (χ3n) is 5.24. The summed E-state index contributed by atoms with van der Waals surface area (Å²) >= 11 is 0. The van der Waals surface area contributed by atoms with Gasteiger partial charge in [-0.3, -0.25) is 9.55 Å². The second kappa shape index (κ2) is 8.97. The van der Waals surface area contributed by atoms with Crippen LogP contribution < -0.4 is 15.2 Å². The number of rotatable bonds is 6. The average molecular weight is 471 g/mol. The number of aromatic hydroxyl groups is 1. The average Bonchev–Trinajstić information content (AvgIpc) is 3.02. The van der Waals surface area contributed by atoms with E-state index in [0.717, 1.165) is 33.6 Å². The summed E-state index contributed by atoms with van der Waals surface area (Å²) in [4.78, 5) is 17.5. The van der Waals surface area contributed by atoms with Gasteiger partial charge in [0.1, 0.15) is 11.5 Å². The van der Waals surface area contributed by atoms with Gasteiger partial charge in [-0.15, -0.1) is 13.2 Å². The first-order chi connectivity index (χ1) is 16.2. The molecule has 0 aliphatic heterocycles. The molecule has 0 aliphatic rings. The van der Waals surface area contributed by atoms with Gasteiger partial charge in [0.2, 0.25) is 5.88 Å². The van der Waals surface area contributed by atoms with Crippen LogP contribution in [0.5, 0.6) is 17.4 Å². The Labute approximate surface area is 192 Å². The second-order valence-corrected chi connectivity index (χ2v) is 7.43. The molecule has 0 saturated heterocycles. The van der Waals surface area contributed by atoms with Crippen molar-refractivity contribution in [1.29, 1.82) is 0 Å². The number of methoxy groups -OCH3 is 1. The highest BCUT2D eigenvalue weighted by Gasteiger charge is 2.31. The fraction of sp³-hybridized carbons (Fsp3) is 0.167. The zero-order chi connectivity index (χ0) is 24.5. The molecule has 0 unspecified atom stereocenters. The molecule has 7 nitrogen and oxygen atoms in total. The van der Waals surface area contributed by atoms with Gasteiger partial charge in [0.15, 0.2) is 0 Å². The maximum absolute atomic E-state index is 13.1. The molecule has 0 radical (unpaired) electrons. The molecule has 1 N–H and O–H groups in total. The molecule has 4 rings (SSSR count). The highest BCUT2D eigenvalue weighted by Crippen LogP contribution is 2.26. The lowest BCUT2D eigenvalue weighted by atomic mass is 10.1. The lowest BCUT2D eigenvalue weighted by Gasteiger charge is -2.09. The molecular formula is C24H20F3N3O4. The number of pyridine rings is 1. The number of alkyl halides is 3. The Morgan fingerprint density at radius 1 is 1.00 bits per heavy atom. The molecule has 10 heteroatoms. The summed E-state index contributed by atoms with van der Waals surface area (Å²) in [6, 6.07) is 15.7. The number of nitrogens with zero attached hydrogens (tertiary/aromatic N) is 3. The summed E-state index contributed by atoms with van der Waals surface area (Å²) < 4.78 is 48.6. The van der Waals surface area contributed by atoms with E-state index >= 15 is 0 Å². The highest BCUT2D eigenvalue weighted by molar-refractivity contribution is 5.60. The van der Waals surface area contributed by atoms with E-state index in [1.807, 2.05) is 30.3 Å². The Morgan fingerprint density at radius 3 is 2.26 bits per heavy atom. The Kier molecular flexibility index (Phi) is 6.06. The van der Waals surface area contributed by atoms with Crippen LogP contribution >= 0.6 is 0 Å². The number of ether oxygens (including phenoxy) is 2. The minimum atomic E-state index is -4.82. The molecule has 2 aromatic carbocycles. The molecule has 4 aromatic rings. The summed E-state index contributed by atoms with van der Waals surface area (Å²) in [6.45, 7) is 1.74. The van der Waals surface area contributed by atoms with Crippen molar-refractivity contribution < 1.29 is 27.8 Å². The maximum atomic E-state index is 13.1. The van der Waals surface area contributed by atoms with E-state index in [4.69, 9.17) is 4.74 Å². The molecule has 0 fully saturated rings. The minimum absolute atomic E-state index is 0.159. The normalized spacial score (nSPS) is 11.4. The molecule has 0 spiro atoms. The molecule has 0 amide bonds. The highest BCUT2D eigenvalue weighted by atomic mass is 19.4. The zero-order valence-electron chi connectivity index (χ0n) is 18.2. The van der Waals surface area contributed by atoms with Crippen LogP contribution in [0.3, 0.4) is 0 Å². The Hall–Kier alpha value is -4.21. The van der Waals surface area contributed by atoms with Crippen molar-refractivity contribution in [1.82, 2.24) is 14.1 Å². The molecule has 176 valence electrons. The van der Waals surface area contributed by atoms with Crippen LogP contribution in [0.1, 0.15) is 11.3 Å². The predicted octanol–water partition coefficient (Wildman–Crippen LogP) is 4.67. The predicted molar refractivity (Wildman–Crippen MR) is 118 cm³/mol. The standard InChI is InChI=1S/C24H20F3N3O4/c1-15-22(31)30(18-5-9-20(10-6-18)34-24(25,26)27)23(32)29(15)14-16-11-12-28-21(13-16)17-3-7-19(33-2)8-4-17/h3-13,31H,14H2,1-2H3. The Bertz CT molecular complexity index is 1360. The van der Waals surface area contributed by atoms with Gasteiger partial charge in [-0.25, -0.2) is 9.36 Å². The third kappa shape index (κ3) is 4.75. The number of hydrogen-bond donors (Lipinski definition) is 1. The van der Waals surface area contributed by atoms with Gasteiger partial charge in [0.25, 0.3) is 0 Å². The third-order valence-corrected chi connectivity index (χ3v) is 5.24. The van der Waals surface area contributed by atoms with Crippen LogP contribution in [-0.4, -0.2) is 32.7 Å². The monoisotopic (exact) mass is 471 g/mol. The Balaban J connectivity index is 1.63. The van der Waals surface area contributed by atoms with Gasteiger partial charge in [0, 0.05) is 11.8 Å². The molecule has 0 bridgehead atoms. The van der Waals surface area contributed by atoms with E-state index in [2.05, 4.69) is 9.72 Å². The number of imidazole rings is 1. The maximum Gasteiger partial charge on any atom is 0.573 e. The molecule has 2 aromatic heterocycles. The minimum Gasteiger partial charge on any atom is -0.497 e. The topological polar surface area (TPSA) is 78.5 Å². The smallest absolute Gasteiger partial charge is 0.497 e. The van der Waals surface area contributed by atoms with E-state index < -0.39 is 17.8 Å². The van der Waals surface area contributed by atoms with Crippen LogP contribution in [0.25, 0.3) is 16.9 Å². The number of aromatic nitrogens is 3. The van der Waals surface area contributed by atoms with Crippen LogP contribution in [0.15, 0.2) is 71.7 Å². The molecular weight excluding hydrogens is 451 g/mol. The SMILES string of the molecule is COc1ccc(-c2cc(Cn3c(C)c(O)n(-c4ccc(OC(F)(F)F)cc4)c3=O)ccn2)cc1. The first kappa shape index (κ1) is 23.0. The number of halogens is 3. The molecule has 0 atom stereocenters. The Morgan fingerprint density at radius 2 is 1.65 bits per heavy atom. The van der Waals surface area contributed by atoms with Crippen molar-refractivity contribution in [2.24, 2.45) is 0 Å². The first-order valence-corrected chi connectivity index (χ1v) is 10.1. The zero-order valence-corrected chi connectivity index (χ0v) is 18.2. The summed E-state index contributed by atoms with van der Waals surface area (Å²) in [5, 5.41) is 10.6. The van der Waals surface area contributed by atoms with Crippen LogP contribution in [0, 0.1) is 6.92 Å². The largest absolute Gasteiger partial charge is 0.573 e. The summed E-state index contributed by atoms with van der Waals surface area (Å²) in [5.41, 5.74) is 2.32. The quantitative estimate of drug-likeness (QED) is 0.442. The molecule has 34 heavy (non-hydrogen) atoms. The number of benzene rings is 2. The van der Waals surface area contributed by atoms with Crippen LogP contribution in [0.4, 0.5) is 13.2 Å². The van der Waals surface area contributed by atoms with Gasteiger partial charge in [-0.2, -0.15) is 0 Å². The lowest BCUT2D eigenvalue weighted by Crippen LogP contribution is -2.24. The van der Waals surface area contributed by atoms with Crippen molar-refractivity contribution >= 4 is 0 Å². The van der Waals surface area contributed by atoms with Crippen LogP contribution in [0.2, 0.25) is 0 Å². The summed E-state index contributed by atoms with van der Waals surface area (Å²) in [5.74, 6) is -0.0152. The summed E-state index contributed by atoms with van der Waals surface area (Å²) in [7, 11) is 1.58. The van der Waals surface area contributed by atoms with Crippen molar-refractivity contribution in [3.63, 3.8) is 0 Å². The number of hydrogen-bond acceptors (Lipinski definition) is 5. The van der Waals surface area contributed by atoms with Crippen molar-refractivity contribution in [2.45, 2.75) is 19.8 Å². The van der Waals surface area contributed by atoms with E-state index in [9.17, 15) is 23.1 Å². The van der Waals surface area contributed by atoms with Gasteiger partial charge in [-0.05, 0) is 73.2 Å². The van der Waals surface area contributed by atoms with Crippen molar-refractivity contribution in [2.75, 3.05) is 7.11 Å². The van der Waals surface area contributed by atoms with Crippen molar-refractivity contribution in [3.05, 3.63) is 88.6 Å². The second-order valence-electron chi connectivity index (χ2n) is 7.43. The molecule has 2 heterocycles. The lowest BCUT2D eigenvalue weighted by molar-refractivity contribution is -0.274. The van der Waals surface area contributed by atoms with E-state index in [1.54, 1.807) is 26.3 Å². The fourth-order valence-corrected chi connectivity index (χ4v) is 3.53. The fourth-order valence-electron chi connectivity index (χ4n) is 3.53.